The van der Waals surface area contributed by atoms with E-state index in [4.69, 9.17) is 0 Å². The molecular weight excluding hydrogens is 395 g/mol. The van der Waals surface area contributed by atoms with Crippen LogP contribution in [-0.4, -0.2) is 46.9 Å². The molecule has 1 amide bonds. The molecule has 0 unspecified atom stereocenters. The second-order valence-corrected chi connectivity index (χ2v) is 7.36. The van der Waals surface area contributed by atoms with Crippen LogP contribution in [0, 0.1) is 0 Å². The van der Waals surface area contributed by atoms with Gasteiger partial charge in [-0.15, -0.1) is 0 Å². The third kappa shape index (κ3) is 4.23. The van der Waals surface area contributed by atoms with Crippen molar-refractivity contribution < 1.29 is 18.0 Å². The van der Waals surface area contributed by atoms with E-state index in [1.165, 1.54) is 18.2 Å². The van der Waals surface area contributed by atoms with E-state index in [0.717, 1.165) is 6.07 Å². The molecule has 2 aromatic carbocycles. The maximum Gasteiger partial charge on any atom is 0.416 e. The average molecular weight is 415 g/mol. The number of hydrogen-bond acceptors (Lipinski definition) is 3. The number of hydrogen-bond donors (Lipinski definition) is 1. The summed E-state index contributed by atoms with van der Waals surface area (Å²) in [4.78, 5) is 31.4. The number of rotatable bonds is 3. The van der Waals surface area contributed by atoms with Crippen LogP contribution in [0.5, 0.6) is 0 Å². The van der Waals surface area contributed by atoms with E-state index in [0.29, 0.717) is 54.8 Å². The molecule has 8 heteroatoms. The third-order valence-electron chi connectivity index (χ3n) is 5.30. The molecule has 0 bridgehead atoms. The number of alkyl halides is 3. The number of carbonyl (C=O) groups is 1. The molecule has 1 saturated heterocycles. The fraction of sp³-hybridized carbons (Fsp3) is 0.273. The van der Waals surface area contributed by atoms with E-state index in [1.54, 1.807) is 29.2 Å². The van der Waals surface area contributed by atoms with Gasteiger partial charge >= 0.3 is 6.18 Å². The zero-order valence-electron chi connectivity index (χ0n) is 16.1. The highest BCUT2D eigenvalue weighted by molar-refractivity contribution is 6.05. The third-order valence-corrected chi connectivity index (χ3v) is 5.30. The Morgan fingerprint density at radius 1 is 0.967 bits per heavy atom. The first-order chi connectivity index (χ1) is 14.3. The summed E-state index contributed by atoms with van der Waals surface area (Å²) in [6.45, 7) is 2.37. The Morgan fingerprint density at radius 2 is 1.70 bits per heavy atom. The van der Waals surface area contributed by atoms with Gasteiger partial charge in [-0.2, -0.15) is 13.2 Å². The molecule has 0 aliphatic carbocycles. The summed E-state index contributed by atoms with van der Waals surface area (Å²) >= 11 is 0. The number of para-hydroxylation sites is 1. The van der Waals surface area contributed by atoms with Crippen LogP contribution in [0.3, 0.4) is 0 Å². The molecule has 0 saturated carbocycles. The molecule has 0 spiro atoms. The first-order valence-electron chi connectivity index (χ1n) is 9.61. The number of fused-ring (bicyclic) bond motifs is 1. The first-order valence-corrected chi connectivity index (χ1v) is 9.61. The number of nitrogens with zero attached hydrogens (tertiary/aromatic N) is 2. The van der Waals surface area contributed by atoms with Gasteiger partial charge in [0.05, 0.1) is 11.1 Å². The van der Waals surface area contributed by atoms with Crippen LogP contribution in [0.4, 0.5) is 13.2 Å². The number of aromatic amines is 1. The predicted octanol–water partition coefficient (Wildman–Crippen LogP) is 3.50. The molecule has 1 aromatic heterocycles. The van der Waals surface area contributed by atoms with E-state index < -0.39 is 11.7 Å². The Labute approximate surface area is 170 Å². The SMILES string of the molecule is O=C(c1cc(=O)[nH]c2ccccc12)N1CCN(Cc2cccc(C(F)(F)F)c2)CC1. The summed E-state index contributed by atoms with van der Waals surface area (Å²) in [5.74, 6) is -0.212. The highest BCUT2D eigenvalue weighted by atomic mass is 19.4. The highest BCUT2D eigenvalue weighted by Gasteiger charge is 2.30. The van der Waals surface area contributed by atoms with Crippen LogP contribution in [0.2, 0.25) is 0 Å². The maximum atomic E-state index is 13.0. The summed E-state index contributed by atoms with van der Waals surface area (Å²) in [5, 5.41) is 0.688. The minimum Gasteiger partial charge on any atom is -0.336 e. The summed E-state index contributed by atoms with van der Waals surface area (Å²) in [6, 6.07) is 13.8. The van der Waals surface area contributed by atoms with Gasteiger partial charge in [0.1, 0.15) is 0 Å². The summed E-state index contributed by atoms with van der Waals surface area (Å²) in [5.41, 5.74) is 0.567. The Balaban J connectivity index is 1.44. The minimum absolute atomic E-state index is 0.212. The lowest BCUT2D eigenvalue weighted by molar-refractivity contribution is -0.137. The Kier molecular flexibility index (Phi) is 5.34. The number of aromatic nitrogens is 1. The molecule has 156 valence electrons. The number of nitrogens with one attached hydrogen (secondary N) is 1. The van der Waals surface area contributed by atoms with E-state index in [1.807, 2.05) is 11.0 Å². The molecular formula is C22H20F3N3O2. The zero-order chi connectivity index (χ0) is 21.3. The molecule has 1 aliphatic rings. The predicted molar refractivity (Wildman–Crippen MR) is 107 cm³/mol. The lowest BCUT2D eigenvalue weighted by Crippen LogP contribution is -2.48. The Hall–Kier alpha value is -3.13. The van der Waals surface area contributed by atoms with Crippen LogP contribution in [0.1, 0.15) is 21.5 Å². The molecule has 3 aromatic rings. The van der Waals surface area contributed by atoms with E-state index in [9.17, 15) is 22.8 Å². The van der Waals surface area contributed by atoms with Crippen LogP contribution >= 0.6 is 0 Å². The number of halogens is 3. The second kappa shape index (κ2) is 7.95. The number of piperazine rings is 1. The van der Waals surface area contributed by atoms with Gasteiger partial charge in [0.2, 0.25) is 5.56 Å². The number of pyridine rings is 1. The van der Waals surface area contributed by atoms with Gasteiger partial charge in [0, 0.05) is 49.7 Å². The fourth-order valence-electron chi connectivity index (χ4n) is 3.77. The Morgan fingerprint density at radius 3 is 2.43 bits per heavy atom. The largest absolute Gasteiger partial charge is 0.416 e. The van der Waals surface area contributed by atoms with Crippen molar-refractivity contribution in [3.05, 3.63) is 81.6 Å². The van der Waals surface area contributed by atoms with Gasteiger partial charge in [-0.05, 0) is 17.7 Å². The minimum atomic E-state index is -4.36. The number of amides is 1. The van der Waals surface area contributed by atoms with E-state index in [-0.39, 0.29) is 11.5 Å². The van der Waals surface area contributed by atoms with Gasteiger partial charge in [0.15, 0.2) is 0 Å². The zero-order valence-corrected chi connectivity index (χ0v) is 16.1. The standard InChI is InChI=1S/C22H20F3N3O2/c23-22(24,25)16-5-3-4-15(12-16)14-27-8-10-28(11-9-27)21(30)18-13-20(29)26-19-7-2-1-6-17(18)19/h1-7,12-13H,8-11,14H2,(H,26,29). The van der Waals surface area contributed by atoms with Crippen molar-refractivity contribution in [1.29, 1.82) is 0 Å². The van der Waals surface area contributed by atoms with Crippen molar-refractivity contribution in [1.82, 2.24) is 14.8 Å². The van der Waals surface area contributed by atoms with Gasteiger partial charge in [-0.1, -0.05) is 36.4 Å². The van der Waals surface area contributed by atoms with Crippen LogP contribution in [0.15, 0.2) is 59.4 Å². The van der Waals surface area contributed by atoms with Crippen molar-refractivity contribution in [2.24, 2.45) is 0 Å². The average Bonchev–Trinajstić information content (AvgIpc) is 2.73. The van der Waals surface area contributed by atoms with Gasteiger partial charge in [-0.3, -0.25) is 14.5 Å². The lowest BCUT2D eigenvalue weighted by atomic mass is 10.1. The maximum absolute atomic E-state index is 13.0. The van der Waals surface area contributed by atoms with E-state index in [2.05, 4.69) is 4.98 Å². The van der Waals surface area contributed by atoms with Gasteiger partial charge in [0.25, 0.3) is 5.91 Å². The lowest BCUT2D eigenvalue weighted by Gasteiger charge is -2.35. The monoisotopic (exact) mass is 415 g/mol. The molecule has 4 rings (SSSR count). The van der Waals surface area contributed by atoms with Crippen molar-refractivity contribution in [2.45, 2.75) is 12.7 Å². The summed E-state index contributed by atoms with van der Waals surface area (Å²) in [6.07, 6.45) is -4.36. The van der Waals surface area contributed by atoms with E-state index >= 15 is 0 Å². The van der Waals surface area contributed by atoms with Crippen LogP contribution in [-0.2, 0) is 12.7 Å². The van der Waals surface area contributed by atoms with Gasteiger partial charge in [-0.25, -0.2) is 0 Å². The highest BCUT2D eigenvalue weighted by Crippen LogP contribution is 2.29. The molecule has 0 radical (unpaired) electrons. The van der Waals surface area contributed by atoms with Crippen molar-refractivity contribution >= 4 is 16.8 Å². The number of carbonyl (C=O) groups excluding carboxylic acids is 1. The number of H-pyrrole nitrogens is 1. The van der Waals surface area contributed by atoms with Crippen LogP contribution < -0.4 is 5.56 Å². The molecule has 1 aliphatic heterocycles. The van der Waals surface area contributed by atoms with Crippen LogP contribution in [0.25, 0.3) is 10.9 Å². The smallest absolute Gasteiger partial charge is 0.336 e. The fourth-order valence-corrected chi connectivity index (χ4v) is 3.77. The summed E-state index contributed by atoms with van der Waals surface area (Å²) in [7, 11) is 0. The van der Waals surface area contributed by atoms with Gasteiger partial charge < -0.3 is 9.88 Å². The molecule has 5 nitrogen and oxygen atoms in total. The molecule has 30 heavy (non-hydrogen) atoms. The number of benzene rings is 2. The topological polar surface area (TPSA) is 56.4 Å². The van der Waals surface area contributed by atoms with Crippen molar-refractivity contribution in [2.75, 3.05) is 26.2 Å². The first kappa shape index (κ1) is 20.2. The van der Waals surface area contributed by atoms with Crippen molar-refractivity contribution in [3.63, 3.8) is 0 Å². The van der Waals surface area contributed by atoms with Crippen molar-refractivity contribution in [3.8, 4) is 0 Å². The molecule has 1 N–H and O–H groups in total. The second-order valence-electron chi connectivity index (χ2n) is 7.36. The molecule has 1 fully saturated rings. The Bertz CT molecular complexity index is 1130. The molecule has 2 heterocycles. The normalized spacial score (nSPS) is 15.5. The molecule has 0 atom stereocenters. The quantitative estimate of drug-likeness (QED) is 0.713. The summed E-state index contributed by atoms with van der Waals surface area (Å²) < 4.78 is 38.7.